The maximum atomic E-state index is 12.1. The number of carbonyl (C=O) groups excluding carboxylic acids is 1. The van der Waals surface area contributed by atoms with Gasteiger partial charge in [-0.1, -0.05) is 12.5 Å². The number of nitrogens with zero attached hydrogens (tertiary/aromatic N) is 1. The van der Waals surface area contributed by atoms with Crippen LogP contribution in [0.15, 0.2) is 36.5 Å². The summed E-state index contributed by atoms with van der Waals surface area (Å²) >= 11 is 0. The largest absolute Gasteiger partial charge is 0.325 e. The minimum Gasteiger partial charge on any atom is -0.325 e. The molecule has 1 amide bonds. The number of piperidine rings is 1. The van der Waals surface area contributed by atoms with E-state index in [1.54, 1.807) is 6.20 Å². The van der Waals surface area contributed by atoms with Crippen molar-refractivity contribution in [3.8, 4) is 0 Å². The smallest absolute Gasteiger partial charge is 0.241 e. The fourth-order valence-electron chi connectivity index (χ4n) is 2.46. The molecule has 1 aliphatic heterocycles. The molecule has 2 aromatic rings. The zero-order valence-electron chi connectivity index (χ0n) is 11.5. The van der Waals surface area contributed by atoms with E-state index in [2.05, 4.69) is 15.6 Å². The van der Waals surface area contributed by atoms with Gasteiger partial charge in [-0.05, 0) is 43.7 Å². The molecular formula is C15H19Cl2N3O. The molecule has 0 bridgehead atoms. The Morgan fingerprint density at radius 1 is 1.24 bits per heavy atom. The number of hydrogen-bond donors (Lipinski definition) is 2. The number of hydrogen-bond acceptors (Lipinski definition) is 3. The van der Waals surface area contributed by atoms with E-state index in [0.29, 0.717) is 0 Å². The summed E-state index contributed by atoms with van der Waals surface area (Å²) in [6.45, 7) is 0.930. The summed E-state index contributed by atoms with van der Waals surface area (Å²) in [6, 6.07) is 9.63. The van der Waals surface area contributed by atoms with Crippen LogP contribution in [0, 0.1) is 0 Å². The monoisotopic (exact) mass is 327 g/mol. The van der Waals surface area contributed by atoms with E-state index in [0.717, 1.165) is 42.4 Å². The normalized spacial score (nSPS) is 17.4. The van der Waals surface area contributed by atoms with Crippen LogP contribution in [0.5, 0.6) is 0 Å². The number of halogens is 2. The lowest BCUT2D eigenvalue weighted by molar-refractivity contribution is -0.118. The van der Waals surface area contributed by atoms with E-state index >= 15 is 0 Å². The molecule has 1 aromatic carbocycles. The van der Waals surface area contributed by atoms with Crippen LogP contribution >= 0.6 is 24.8 Å². The third kappa shape index (κ3) is 4.30. The van der Waals surface area contributed by atoms with Crippen LogP contribution in [0.4, 0.5) is 5.69 Å². The molecule has 1 atom stereocenters. The van der Waals surface area contributed by atoms with Crippen LogP contribution in [-0.2, 0) is 4.79 Å². The lowest BCUT2D eigenvalue weighted by Crippen LogP contribution is -2.43. The number of aromatic nitrogens is 1. The molecule has 6 heteroatoms. The highest BCUT2D eigenvalue weighted by Gasteiger charge is 2.20. The first-order valence-corrected chi connectivity index (χ1v) is 6.72. The predicted octanol–water partition coefficient (Wildman–Crippen LogP) is 3.16. The van der Waals surface area contributed by atoms with Crippen molar-refractivity contribution in [1.29, 1.82) is 0 Å². The van der Waals surface area contributed by atoms with Crippen molar-refractivity contribution in [3.63, 3.8) is 0 Å². The van der Waals surface area contributed by atoms with Crippen molar-refractivity contribution in [1.82, 2.24) is 10.3 Å². The maximum absolute atomic E-state index is 12.1. The highest BCUT2D eigenvalue weighted by molar-refractivity contribution is 5.96. The first-order chi connectivity index (χ1) is 9.33. The quantitative estimate of drug-likeness (QED) is 0.890. The van der Waals surface area contributed by atoms with Crippen molar-refractivity contribution in [3.05, 3.63) is 36.5 Å². The van der Waals surface area contributed by atoms with Crippen LogP contribution < -0.4 is 10.6 Å². The van der Waals surface area contributed by atoms with Crippen molar-refractivity contribution < 1.29 is 4.79 Å². The number of carbonyl (C=O) groups is 1. The molecule has 1 aliphatic rings. The van der Waals surface area contributed by atoms with Gasteiger partial charge in [-0.15, -0.1) is 24.8 Å². The third-order valence-electron chi connectivity index (χ3n) is 3.50. The average molecular weight is 328 g/mol. The lowest BCUT2D eigenvalue weighted by Gasteiger charge is -2.22. The second kappa shape index (κ2) is 8.17. The Bertz CT molecular complexity index is 600. The molecule has 2 N–H and O–H groups in total. The first kappa shape index (κ1) is 17.7. The highest BCUT2D eigenvalue weighted by atomic mass is 35.5. The molecule has 0 saturated carbocycles. The van der Waals surface area contributed by atoms with E-state index in [-0.39, 0.29) is 36.8 Å². The molecule has 1 aromatic heterocycles. The van der Waals surface area contributed by atoms with Gasteiger partial charge >= 0.3 is 0 Å². The number of anilines is 1. The van der Waals surface area contributed by atoms with E-state index in [9.17, 15) is 4.79 Å². The summed E-state index contributed by atoms with van der Waals surface area (Å²) in [5, 5.41) is 7.27. The molecule has 114 valence electrons. The fourth-order valence-corrected chi connectivity index (χ4v) is 2.46. The van der Waals surface area contributed by atoms with Gasteiger partial charge in [-0.25, -0.2) is 0 Å². The SMILES string of the molecule is Cl.Cl.O=C(Nc1ccc2ncccc2c1)C1CCCCN1. The fraction of sp³-hybridized carbons (Fsp3) is 0.333. The molecule has 0 aliphatic carbocycles. The first-order valence-electron chi connectivity index (χ1n) is 6.72. The Morgan fingerprint density at radius 3 is 2.86 bits per heavy atom. The standard InChI is InChI=1S/C15H17N3O.2ClH/c19-15(14-5-1-2-8-17-14)18-12-6-7-13-11(10-12)4-3-9-16-13;;/h3-4,6-7,9-10,14,17H,1-2,5,8H2,(H,18,19);2*1H. The average Bonchev–Trinajstić information content (AvgIpc) is 2.48. The van der Waals surface area contributed by atoms with Crippen LogP contribution in [-0.4, -0.2) is 23.5 Å². The maximum Gasteiger partial charge on any atom is 0.241 e. The summed E-state index contributed by atoms with van der Waals surface area (Å²) in [6.07, 6.45) is 4.96. The Morgan fingerprint density at radius 2 is 2.10 bits per heavy atom. The van der Waals surface area contributed by atoms with Crippen molar-refractivity contribution >= 4 is 47.3 Å². The summed E-state index contributed by atoms with van der Waals surface area (Å²) in [5.41, 5.74) is 1.77. The van der Waals surface area contributed by atoms with E-state index < -0.39 is 0 Å². The van der Waals surface area contributed by atoms with Gasteiger partial charge in [-0.3, -0.25) is 9.78 Å². The summed E-state index contributed by atoms with van der Waals surface area (Å²) in [5.74, 6) is 0.0583. The summed E-state index contributed by atoms with van der Waals surface area (Å²) in [7, 11) is 0. The van der Waals surface area contributed by atoms with Crippen LogP contribution in [0.2, 0.25) is 0 Å². The second-order valence-electron chi connectivity index (χ2n) is 4.90. The molecule has 1 unspecified atom stereocenters. The van der Waals surface area contributed by atoms with Gasteiger partial charge in [0.15, 0.2) is 0 Å². The molecule has 0 radical (unpaired) electrons. The predicted molar refractivity (Wildman–Crippen MR) is 90.5 cm³/mol. The molecule has 21 heavy (non-hydrogen) atoms. The van der Waals surface area contributed by atoms with E-state index in [4.69, 9.17) is 0 Å². The van der Waals surface area contributed by atoms with Gasteiger partial charge in [0, 0.05) is 17.3 Å². The zero-order chi connectivity index (χ0) is 13.1. The molecule has 1 saturated heterocycles. The summed E-state index contributed by atoms with van der Waals surface area (Å²) < 4.78 is 0. The Balaban J connectivity index is 0.00000110. The minimum absolute atomic E-state index is 0. The number of nitrogens with one attached hydrogen (secondary N) is 2. The molecule has 1 fully saturated rings. The Hall–Kier alpha value is -1.36. The lowest BCUT2D eigenvalue weighted by atomic mass is 10.0. The third-order valence-corrected chi connectivity index (χ3v) is 3.50. The van der Waals surface area contributed by atoms with Crippen LogP contribution in [0.3, 0.4) is 0 Å². The van der Waals surface area contributed by atoms with Crippen molar-refractivity contribution in [2.45, 2.75) is 25.3 Å². The minimum atomic E-state index is -0.0571. The molecule has 2 heterocycles. The van der Waals surface area contributed by atoms with E-state index in [1.165, 1.54) is 0 Å². The summed E-state index contributed by atoms with van der Waals surface area (Å²) in [4.78, 5) is 16.4. The van der Waals surface area contributed by atoms with E-state index in [1.807, 2.05) is 30.3 Å². The van der Waals surface area contributed by atoms with Gasteiger partial charge in [0.2, 0.25) is 5.91 Å². The topological polar surface area (TPSA) is 54.0 Å². The number of rotatable bonds is 2. The van der Waals surface area contributed by atoms with Gasteiger partial charge in [-0.2, -0.15) is 0 Å². The zero-order valence-corrected chi connectivity index (χ0v) is 13.2. The second-order valence-corrected chi connectivity index (χ2v) is 4.90. The van der Waals surface area contributed by atoms with Gasteiger partial charge in [0.1, 0.15) is 0 Å². The van der Waals surface area contributed by atoms with Gasteiger partial charge in [0.25, 0.3) is 0 Å². The number of amides is 1. The van der Waals surface area contributed by atoms with Crippen molar-refractivity contribution in [2.75, 3.05) is 11.9 Å². The molecular weight excluding hydrogens is 309 g/mol. The molecule has 3 rings (SSSR count). The molecule has 0 spiro atoms. The van der Waals surface area contributed by atoms with Gasteiger partial charge in [0.05, 0.1) is 11.6 Å². The highest BCUT2D eigenvalue weighted by Crippen LogP contribution is 2.18. The van der Waals surface area contributed by atoms with Crippen LogP contribution in [0.25, 0.3) is 10.9 Å². The Labute approximate surface area is 136 Å². The number of fused-ring (bicyclic) bond motifs is 1. The number of benzene rings is 1. The van der Waals surface area contributed by atoms with Crippen LogP contribution in [0.1, 0.15) is 19.3 Å². The molecule has 4 nitrogen and oxygen atoms in total. The Kier molecular flexibility index (Phi) is 6.89. The van der Waals surface area contributed by atoms with Crippen molar-refractivity contribution in [2.24, 2.45) is 0 Å². The number of pyridine rings is 1. The van der Waals surface area contributed by atoms with Gasteiger partial charge < -0.3 is 10.6 Å².